The number of hydrogen-bond donors (Lipinski definition) is 1. The average Bonchev–Trinajstić information content (AvgIpc) is 2.39. The molecule has 0 radical (unpaired) electrons. The van der Waals surface area contributed by atoms with Crippen LogP contribution in [0, 0.1) is 6.92 Å². The molecule has 0 aromatic heterocycles. The van der Waals surface area contributed by atoms with E-state index in [2.05, 4.69) is 36.1 Å². The van der Waals surface area contributed by atoms with E-state index in [1.807, 2.05) is 14.0 Å². The number of rotatable bonds is 6. The maximum absolute atomic E-state index is 5.93. The highest BCUT2D eigenvalue weighted by molar-refractivity contribution is 5.49. The first-order valence-corrected chi connectivity index (χ1v) is 6.05. The van der Waals surface area contributed by atoms with Crippen LogP contribution >= 0.6 is 0 Å². The predicted octanol–water partition coefficient (Wildman–Crippen LogP) is 1.77. The summed E-state index contributed by atoms with van der Waals surface area (Å²) in [5.74, 6) is 0. The fraction of sp³-hybridized carbons (Fsp3) is 0.571. The van der Waals surface area contributed by atoms with Gasteiger partial charge in [0, 0.05) is 33.5 Å². The van der Waals surface area contributed by atoms with Crippen molar-refractivity contribution >= 4 is 5.69 Å². The van der Waals surface area contributed by atoms with Crippen LogP contribution in [0.1, 0.15) is 12.5 Å². The van der Waals surface area contributed by atoms with E-state index in [0.29, 0.717) is 6.54 Å². The molecule has 0 saturated carbocycles. The number of methoxy groups -OCH3 is 2. The van der Waals surface area contributed by atoms with E-state index in [4.69, 9.17) is 15.2 Å². The molecule has 0 amide bonds. The van der Waals surface area contributed by atoms with Crippen LogP contribution in [0.4, 0.5) is 5.69 Å². The second-order valence-corrected chi connectivity index (χ2v) is 4.76. The minimum absolute atomic E-state index is 0.381. The van der Waals surface area contributed by atoms with Gasteiger partial charge in [0.15, 0.2) is 6.29 Å². The Kier molecular flexibility index (Phi) is 5.14. The molecule has 0 saturated heterocycles. The third-order valence-corrected chi connectivity index (χ3v) is 3.54. The zero-order chi connectivity index (χ0) is 13.8. The highest BCUT2D eigenvalue weighted by Gasteiger charge is 2.37. The van der Waals surface area contributed by atoms with Crippen LogP contribution in [0.2, 0.25) is 0 Å². The zero-order valence-electron chi connectivity index (χ0n) is 11.9. The van der Waals surface area contributed by atoms with Crippen LogP contribution in [0.3, 0.4) is 0 Å². The largest absolute Gasteiger partial charge is 0.363 e. The Hall–Kier alpha value is -1.10. The molecule has 2 N–H and O–H groups in total. The molecule has 1 unspecified atom stereocenters. The molecule has 4 nitrogen and oxygen atoms in total. The van der Waals surface area contributed by atoms with Gasteiger partial charge in [0.2, 0.25) is 0 Å². The molecule has 1 aromatic carbocycles. The van der Waals surface area contributed by atoms with E-state index in [1.165, 1.54) is 5.56 Å². The fourth-order valence-corrected chi connectivity index (χ4v) is 2.06. The Morgan fingerprint density at radius 2 is 1.72 bits per heavy atom. The van der Waals surface area contributed by atoms with Crippen molar-refractivity contribution in [3.8, 4) is 0 Å². The Labute approximate surface area is 110 Å². The molecule has 0 bridgehead atoms. The van der Waals surface area contributed by atoms with Crippen molar-refractivity contribution in [3.05, 3.63) is 29.8 Å². The number of hydrogen-bond acceptors (Lipinski definition) is 4. The normalized spacial score (nSPS) is 14.6. The first-order chi connectivity index (χ1) is 8.49. The number of nitrogens with two attached hydrogens (primary N) is 1. The van der Waals surface area contributed by atoms with Crippen molar-refractivity contribution < 1.29 is 9.47 Å². The lowest BCUT2D eigenvalue weighted by Gasteiger charge is -2.43. The van der Waals surface area contributed by atoms with Gasteiger partial charge >= 0.3 is 0 Å². The summed E-state index contributed by atoms with van der Waals surface area (Å²) in [7, 11) is 5.26. The van der Waals surface area contributed by atoms with Crippen LogP contribution in [-0.4, -0.2) is 39.6 Å². The topological polar surface area (TPSA) is 47.7 Å². The zero-order valence-corrected chi connectivity index (χ0v) is 11.9. The molecule has 18 heavy (non-hydrogen) atoms. The SMILES string of the molecule is COC(OC)C(C)(CN)N(C)c1ccc(C)cc1. The van der Waals surface area contributed by atoms with Gasteiger partial charge in [-0.1, -0.05) is 17.7 Å². The lowest BCUT2D eigenvalue weighted by atomic mass is 9.98. The molecule has 1 aromatic rings. The lowest BCUT2D eigenvalue weighted by Crippen LogP contribution is -2.59. The standard InChI is InChI=1S/C14H24N2O2/c1-11-6-8-12(9-7-11)16(3)14(2,10-15)13(17-4)18-5/h6-9,13H,10,15H2,1-5H3. The molecule has 0 aliphatic carbocycles. The number of nitrogens with zero attached hydrogens (tertiary/aromatic N) is 1. The number of likely N-dealkylation sites (N-methyl/N-ethyl adjacent to an activating group) is 1. The van der Waals surface area contributed by atoms with Crippen molar-refractivity contribution in [3.63, 3.8) is 0 Å². The average molecular weight is 252 g/mol. The minimum atomic E-state index is -0.418. The van der Waals surface area contributed by atoms with Gasteiger partial charge in [-0.2, -0.15) is 0 Å². The van der Waals surface area contributed by atoms with E-state index in [-0.39, 0.29) is 6.29 Å². The second-order valence-electron chi connectivity index (χ2n) is 4.76. The van der Waals surface area contributed by atoms with Crippen LogP contribution < -0.4 is 10.6 Å². The number of ether oxygens (including phenoxy) is 2. The summed E-state index contributed by atoms with van der Waals surface area (Å²) >= 11 is 0. The van der Waals surface area contributed by atoms with E-state index in [0.717, 1.165) is 5.69 Å². The minimum Gasteiger partial charge on any atom is -0.363 e. The second kappa shape index (κ2) is 6.18. The van der Waals surface area contributed by atoms with Crippen molar-refractivity contribution in [2.45, 2.75) is 25.7 Å². The van der Waals surface area contributed by atoms with Gasteiger partial charge in [0.05, 0.1) is 5.54 Å². The smallest absolute Gasteiger partial charge is 0.180 e. The monoisotopic (exact) mass is 252 g/mol. The molecule has 1 atom stereocenters. The Balaban J connectivity index is 3.03. The van der Waals surface area contributed by atoms with Gasteiger partial charge in [-0.3, -0.25) is 0 Å². The third kappa shape index (κ3) is 2.83. The van der Waals surface area contributed by atoms with Gasteiger partial charge in [-0.05, 0) is 26.0 Å². The summed E-state index contributed by atoms with van der Waals surface area (Å²) in [4.78, 5) is 2.10. The molecule has 0 fully saturated rings. The highest BCUT2D eigenvalue weighted by Crippen LogP contribution is 2.26. The number of benzene rings is 1. The Morgan fingerprint density at radius 3 is 2.11 bits per heavy atom. The fourth-order valence-electron chi connectivity index (χ4n) is 2.06. The molecule has 0 heterocycles. The Morgan fingerprint density at radius 1 is 1.22 bits per heavy atom. The first kappa shape index (κ1) is 15.0. The summed E-state index contributed by atoms with van der Waals surface area (Å²) in [5, 5.41) is 0. The lowest BCUT2D eigenvalue weighted by molar-refractivity contribution is -0.140. The molecule has 102 valence electrons. The molecular formula is C14H24N2O2. The van der Waals surface area contributed by atoms with Gasteiger partial charge in [-0.25, -0.2) is 0 Å². The van der Waals surface area contributed by atoms with Gasteiger partial charge in [0.25, 0.3) is 0 Å². The van der Waals surface area contributed by atoms with Crippen molar-refractivity contribution in [1.29, 1.82) is 0 Å². The molecule has 0 aliphatic rings. The Bertz CT molecular complexity index is 363. The quantitative estimate of drug-likeness (QED) is 0.784. The van der Waals surface area contributed by atoms with Gasteiger partial charge in [-0.15, -0.1) is 0 Å². The molecule has 0 aliphatic heterocycles. The summed E-state index contributed by atoms with van der Waals surface area (Å²) < 4.78 is 10.8. The molecule has 0 spiro atoms. The van der Waals surface area contributed by atoms with E-state index < -0.39 is 5.54 Å². The van der Waals surface area contributed by atoms with Gasteiger partial charge < -0.3 is 20.1 Å². The van der Waals surface area contributed by atoms with E-state index in [1.54, 1.807) is 14.2 Å². The molecule has 1 rings (SSSR count). The van der Waals surface area contributed by atoms with Crippen molar-refractivity contribution in [2.24, 2.45) is 5.73 Å². The molecule has 4 heteroatoms. The summed E-state index contributed by atoms with van der Waals surface area (Å²) in [6.07, 6.45) is -0.381. The van der Waals surface area contributed by atoms with Crippen LogP contribution in [0.5, 0.6) is 0 Å². The summed E-state index contributed by atoms with van der Waals surface area (Å²) in [6.45, 7) is 4.53. The highest BCUT2D eigenvalue weighted by atomic mass is 16.7. The van der Waals surface area contributed by atoms with Crippen molar-refractivity contribution in [1.82, 2.24) is 0 Å². The van der Waals surface area contributed by atoms with Crippen LogP contribution in [-0.2, 0) is 9.47 Å². The number of anilines is 1. The maximum Gasteiger partial charge on any atom is 0.180 e. The predicted molar refractivity (Wildman–Crippen MR) is 74.8 cm³/mol. The van der Waals surface area contributed by atoms with Crippen molar-refractivity contribution in [2.75, 3.05) is 32.7 Å². The number of aryl methyl sites for hydroxylation is 1. The summed E-state index contributed by atoms with van der Waals surface area (Å²) in [6, 6.07) is 8.31. The molecular weight excluding hydrogens is 228 g/mol. The third-order valence-electron chi connectivity index (χ3n) is 3.54. The van der Waals surface area contributed by atoms with Gasteiger partial charge in [0.1, 0.15) is 0 Å². The van der Waals surface area contributed by atoms with Crippen LogP contribution in [0.25, 0.3) is 0 Å². The first-order valence-electron chi connectivity index (χ1n) is 6.05. The summed E-state index contributed by atoms with van der Waals surface area (Å²) in [5.41, 5.74) is 7.83. The van der Waals surface area contributed by atoms with E-state index in [9.17, 15) is 0 Å². The van der Waals surface area contributed by atoms with E-state index >= 15 is 0 Å². The van der Waals surface area contributed by atoms with Crippen LogP contribution in [0.15, 0.2) is 24.3 Å². The maximum atomic E-state index is 5.93.